The van der Waals surface area contributed by atoms with Crippen molar-refractivity contribution in [2.75, 3.05) is 49.6 Å². The molecule has 2 aliphatic heterocycles. The van der Waals surface area contributed by atoms with Crippen LogP contribution in [-0.2, 0) is 0 Å². The van der Waals surface area contributed by atoms with Crippen LogP contribution in [0.5, 0.6) is 11.5 Å². The summed E-state index contributed by atoms with van der Waals surface area (Å²) in [6.07, 6.45) is 0. The number of aryl methyl sites for hydroxylation is 1. The van der Waals surface area contributed by atoms with Crippen molar-refractivity contribution in [1.29, 1.82) is 0 Å². The molecule has 26 heavy (non-hydrogen) atoms. The van der Waals surface area contributed by atoms with Crippen LogP contribution < -0.4 is 19.7 Å². The van der Waals surface area contributed by atoms with Gasteiger partial charge in [0.2, 0.25) is 0 Å². The number of rotatable bonds is 2. The molecule has 1 saturated heterocycles. The predicted octanol–water partition coefficient (Wildman–Crippen LogP) is 3.12. The summed E-state index contributed by atoms with van der Waals surface area (Å²) in [6.45, 7) is 6.17. The van der Waals surface area contributed by atoms with Crippen LogP contribution in [0, 0.1) is 6.92 Å². The summed E-state index contributed by atoms with van der Waals surface area (Å²) in [5.41, 5.74) is 3.11. The van der Waals surface area contributed by atoms with Gasteiger partial charge in [0.25, 0.3) is 0 Å². The van der Waals surface area contributed by atoms with Gasteiger partial charge < -0.3 is 24.6 Å². The molecule has 6 heteroatoms. The highest BCUT2D eigenvalue weighted by Gasteiger charge is 2.22. The Labute approximate surface area is 153 Å². The Morgan fingerprint density at radius 3 is 2.35 bits per heavy atom. The van der Waals surface area contributed by atoms with Gasteiger partial charge in [-0.2, -0.15) is 0 Å². The molecule has 1 fully saturated rings. The highest BCUT2D eigenvalue weighted by molar-refractivity contribution is 5.89. The van der Waals surface area contributed by atoms with Gasteiger partial charge in [-0.15, -0.1) is 0 Å². The van der Waals surface area contributed by atoms with E-state index in [0.29, 0.717) is 26.3 Å². The largest absolute Gasteiger partial charge is 0.486 e. The Morgan fingerprint density at radius 1 is 0.923 bits per heavy atom. The zero-order chi connectivity index (χ0) is 17.9. The van der Waals surface area contributed by atoms with Crippen molar-refractivity contribution in [2.24, 2.45) is 0 Å². The van der Waals surface area contributed by atoms with E-state index in [1.54, 1.807) is 0 Å². The van der Waals surface area contributed by atoms with Crippen LogP contribution in [0.1, 0.15) is 5.56 Å². The molecule has 2 heterocycles. The average Bonchev–Trinajstić information content (AvgIpc) is 2.69. The van der Waals surface area contributed by atoms with Gasteiger partial charge in [-0.3, -0.25) is 0 Å². The first-order valence-electron chi connectivity index (χ1n) is 8.96. The number of carbonyl (C=O) groups excluding carboxylic acids is 1. The summed E-state index contributed by atoms with van der Waals surface area (Å²) in [7, 11) is 0. The lowest BCUT2D eigenvalue weighted by Crippen LogP contribution is -2.50. The summed E-state index contributed by atoms with van der Waals surface area (Å²) in [6, 6.07) is 13.8. The lowest BCUT2D eigenvalue weighted by Gasteiger charge is -2.36. The maximum atomic E-state index is 12.4. The number of benzene rings is 2. The highest BCUT2D eigenvalue weighted by atomic mass is 16.6. The second-order valence-corrected chi connectivity index (χ2v) is 6.60. The Hall–Kier alpha value is -2.89. The van der Waals surface area contributed by atoms with Crippen LogP contribution in [0.3, 0.4) is 0 Å². The molecule has 2 aromatic rings. The highest BCUT2D eigenvalue weighted by Crippen LogP contribution is 2.34. The fourth-order valence-corrected chi connectivity index (χ4v) is 3.24. The lowest BCUT2D eigenvalue weighted by atomic mass is 10.2. The number of nitrogens with zero attached hydrogens (tertiary/aromatic N) is 2. The molecule has 0 spiro atoms. The van der Waals surface area contributed by atoms with Crippen LogP contribution in [0.4, 0.5) is 16.2 Å². The van der Waals surface area contributed by atoms with Gasteiger partial charge in [-0.25, -0.2) is 4.79 Å². The number of piperazine rings is 1. The van der Waals surface area contributed by atoms with Crippen molar-refractivity contribution in [2.45, 2.75) is 6.92 Å². The summed E-state index contributed by atoms with van der Waals surface area (Å²) in [4.78, 5) is 16.6. The molecule has 4 rings (SSSR count). The summed E-state index contributed by atoms with van der Waals surface area (Å²) >= 11 is 0. The minimum Gasteiger partial charge on any atom is -0.486 e. The molecule has 0 bridgehead atoms. The van der Waals surface area contributed by atoms with E-state index >= 15 is 0 Å². The molecule has 0 atom stereocenters. The van der Waals surface area contributed by atoms with Gasteiger partial charge in [0, 0.05) is 43.6 Å². The third-order valence-electron chi connectivity index (χ3n) is 4.76. The van der Waals surface area contributed by atoms with Crippen molar-refractivity contribution < 1.29 is 14.3 Å². The number of anilines is 2. The fourth-order valence-electron chi connectivity index (χ4n) is 3.24. The van der Waals surface area contributed by atoms with Crippen molar-refractivity contribution >= 4 is 17.4 Å². The van der Waals surface area contributed by atoms with Crippen molar-refractivity contribution in [3.63, 3.8) is 0 Å². The van der Waals surface area contributed by atoms with Crippen LogP contribution >= 0.6 is 0 Å². The molecule has 0 aromatic heterocycles. The lowest BCUT2D eigenvalue weighted by molar-refractivity contribution is 0.171. The number of amides is 2. The van der Waals surface area contributed by atoms with Crippen molar-refractivity contribution in [3.05, 3.63) is 48.0 Å². The molecule has 6 nitrogen and oxygen atoms in total. The molecule has 136 valence electrons. The minimum absolute atomic E-state index is 0.0457. The maximum absolute atomic E-state index is 12.4. The molecule has 0 radical (unpaired) electrons. The van der Waals surface area contributed by atoms with Gasteiger partial charge in [-0.1, -0.05) is 17.7 Å². The summed E-state index contributed by atoms with van der Waals surface area (Å²) in [5, 5.41) is 2.97. The van der Waals surface area contributed by atoms with Crippen LogP contribution in [0.15, 0.2) is 42.5 Å². The van der Waals surface area contributed by atoms with Gasteiger partial charge in [0.05, 0.1) is 0 Å². The topological polar surface area (TPSA) is 54.0 Å². The molecule has 1 N–H and O–H groups in total. The number of hydrogen-bond acceptors (Lipinski definition) is 4. The van der Waals surface area contributed by atoms with E-state index in [0.717, 1.165) is 36.0 Å². The second kappa shape index (κ2) is 7.15. The van der Waals surface area contributed by atoms with Gasteiger partial charge in [0.15, 0.2) is 11.5 Å². The Kier molecular flexibility index (Phi) is 4.56. The normalized spacial score (nSPS) is 16.3. The maximum Gasteiger partial charge on any atom is 0.321 e. The number of urea groups is 1. The monoisotopic (exact) mass is 353 g/mol. The average molecular weight is 353 g/mol. The Morgan fingerprint density at radius 2 is 1.62 bits per heavy atom. The van der Waals surface area contributed by atoms with Crippen molar-refractivity contribution in [3.8, 4) is 11.5 Å². The number of carbonyl (C=O) groups is 1. The molecular weight excluding hydrogens is 330 g/mol. The minimum atomic E-state index is -0.0457. The molecule has 0 aliphatic carbocycles. The summed E-state index contributed by atoms with van der Waals surface area (Å²) < 4.78 is 11.2. The van der Waals surface area contributed by atoms with E-state index in [2.05, 4.69) is 16.3 Å². The molecule has 0 saturated carbocycles. The van der Waals surface area contributed by atoms with Gasteiger partial charge in [0.1, 0.15) is 13.2 Å². The van der Waals surface area contributed by atoms with Crippen molar-refractivity contribution in [1.82, 2.24) is 4.90 Å². The van der Waals surface area contributed by atoms with E-state index < -0.39 is 0 Å². The Bertz CT molecular complexity index is 783. The number of nitrogens with one attached hydrogen (secondary N) is 1. The van der Waals surface area contributed by atoms with E-state index in [1.165, 1.54) is 5.56 Å². The number of fused-ring (bicyclic) bond motifs is 1. The molecular formula is C20H23N3O3. The number of ether oxygens (including phenoxy) is 2. The fraction of sp³-hybridized carbons (Fsp3) is 0.350. The van der Waals surface area contributed by atoms with Crippen LogP contribution in [0.25, 0.3) is 0 Å². The molecule has 2 aromatic carbocycles. The SMILES string of the molecule is Cc1ccc(NC(=O)N2CCN(c3ccc4c(c3)OCCO4)CC2)cc1. The standard InChI is InChI=1S/C20H23N3O3/c1-15-2-4-16(5-3-15)21-20(24)23-10-8-22(9-11-23)17-6-7-18-19(14-17)26-13-12-25-18/h2-7,14H,8-13H2,1H3,(H,21,24). The molecule has 2 aliphatic rings. The number of hydrogen-bond donors (Lipinski definition) is 1. The third kappa shape index (κ3) is 3.54. The summed E-state index contributed by atoms with van der Waals surface area (Å²) in [5.74, 6) is 1.60. The van der Waals surface area contributed by atoms with E-state index in [-0.39, 0.29) is 6.03 Å². The van der Waals surface area contributed by atoms with E-state index in [9.17, 15) is 4.79 Å². The molecule has 2 amide bonds. The zero-order valence-corrected chi connectivity index (χ0v) is 14.9. The quantitative estimate of drug-likeness (QED) is 0.901. The van der Waals surface area contributed by atoms with Crippen LogP contribution in [0.2, 0.25) is 0 Å². The first kappa shape index (κ1) is 16.6. The zero-order valence-electron chi connectivity index (χ0n) is 14.9. The van der Waals surface area contributed by atoms with E-state index in [4.69, 9.17) is 9.47 Å². The van der Waals surface area contributed by atoms with Gasteiger partial charge in [-0.05, 0) is 31.2 Å². The molecule has 0 unspecified atom stereocenters. The Balaban J connectivity index is 1.35. The first-order chi connectivity index (χ1) is 12.7. The smallest absolute Gasteiger partial charge is 0.321 e. The first-order valence-corrected chi connectivity index (χ1v) is 8.96. The van der Waals surface area contributed by atoms with Crippen LogP contribution in [-0.4, -0.2) is 50.3 Å². The third-order valence-corrected chi connectivity index (χ3v) is 4.76. The predicted molar refractivity (Wildman–Crippen MR) is 101 cm³/mol. The van der Waals surface area contributed by atoms with Gasteiger partial charge >= 0.3 is 6.03 Å². The van der Waals surface area contributed by atoms with E-state index in [1.807, 2.05) is 48.2 Å². The second-order valence-electron chi connectivity index (χ2n) is 6.60.